The van der Waals surface area contributed by atoms with Crippen molar-refractivity contribution in [3.63, 3.8) is 0 Å². The summed E-state index contributed by atoms with van der Waals surface area (Å²) in [5.41, 5.74) is 13.6. The maximum atomic E-state index is 4.73. The molecule has 1 heteroatoms. The van der Waals surface area contributed by atoms with Crippen LogP contribution in [-0.4, -0.2) is 4.98 Å². The first-order valence-electron chi connectivity index (χ1n) is 15.6. The van der Waals surface area contributed by atoms with E-state index in [2.05, 4.69) is 154 Å². The van der Waals surface area contributed by atoms with Crippen LogP contribution >= 0.6 is 0 Å². The Balaban J connectivity index is 1.44. The second-order valence-corrected chi connectivity index (χ2v) is 12.1. The van der Waals surface area contributed by atoms with E-state index in [4.69, 9.17) is 4.98 Å². The highest BCUT2D eigenvalue weighted by Crippen LogP contribution is 2.46. The van der Waals surface area contributed by atoms with Gasteiger partial charge in [0.05, 0.1) is 5.69 Å². The van der Waals surface area contributed by atoms with Crippen LogP contribution < -0.4 is 0 Å². The van der Waals surface area contributed by atoms with Crippen molar-refractivity contribution >= 4 is 32.3 Å². The Morgan fingerprint density at radius 2 is 0.822 bits per heavy atom. The number of hydrogen-bond donors (Lipinski definition) is 0. The zero-order valence-corrected chi connectivity index (χ0v) is 25.8. The molecule has 0 N–H and O–H groups in total. The highest BCUT2D eigenvalue weighted by Gasteiger charge is 2.19. The van der Waals surface area contributed by atoms with Gasteiger partial charge in [-0.2, -0.15) is 0 Å². The minimum atomic E-state index is 1.03. The lowest BCUT2D eigenvalue weighted by Gasteiger charge is -2.20. The predicted octanol–water partition coefficient (Wildman–Crippen LogP) is 12.1. The number of benzene rings is 7. The Kier molecular flexibility index (Phi) is 6.54. The third-order valence-electron chi connectivity index (χ3n) is 9.31. The minimum absolute atomic E-state index is 1.03. The van der Waals surface area contributed by atoms with Crippen molar-refractivity contribution in [1.29, 1.82) is 0 Å². The Morgan fingerprint density at radius 3 is 1.42 bits per heavy atom. The molecule has 0 bridgehead atoms. The van der Waals surface area contributed by atoms with Crippen molar-refractivity contribution in [3.8, 4) is 44.6 Å². The van der Waals surface area contributed by atoms with Gasteiger partial charge in [0.15, 0.2) is 0 Å². The van der Waals surface area contributed by atoms with Crippen LogP contribution in [0.2, 0.25) is 0 Å². The van der Waals surface area contributed by atoms with Crippen molar-refractivity contribution in [2.24, 2.45) is 0 Å². The fraction of sp³-hybridized carbons (Fsp3) is 0.0682. The topological polar surface area (TPSA) is 12.9 Å². The van der Waals surface area contributed by atoms with E-state index in [0.29, 0.717) is 0 Å². The molecule has 1 nitrogen and oxygen atoms in total. The molecule has 7 aromatic carbocycles. The minimum Gasteiger partial charge on any atom is -0.256 e. The van der Waals surface area contributed by atoms with Crippen molar-refractivity contribution in [2.75, 3.05) is 0 Å². The largest absolute Gasteiger partial charge is 0.256 e. The smallest absolute Gasteiger partial charge is 0.0731 e. The van der Waals surface area contributed by atoms with Gasteiger partial charge in [-0.1, -0.05) is 127 Å². The first-order valence-corrected chi connectivity index (χ1v) is 15.6. The van der Waals surface area contributed by atoms with Gasteiger partial charge in [0.2, 0.25) is 0 Å². The van der Waals surface area contributed by atoms with Gasteiger partial charge in [-0.05, 0) is 115 Å². The third kappa shape index (κ3) is 4.43. The number of hydrogen-bond acceptors (Lipinski definition) is 1. The summed E-state index contributed by atoms with van der Waals surface area (Å²) in [5.74, 6) is 0. The summed E-state index contributed by atoms with van der Waals surface area (Å²) in [4.78, 5) is 4.73. The van der Waals surface area contributed by atoms with E-state index in [9.17, 15) is 0 Å². The molecule has 0 aliphatic carbocycles. The standard InChI is InChI=1S/C44H33N/c1-28-13-8-14-29(2)41(28)35-24-10-23-34-33(35)22-11-25-36(34)43-39-20-6-4-18-37(39)42(38-19-5-7-21-40(38)43)31-16-9-17-32(27-31)44-30(3)15-12-26-45-44/h4-27H,1-3H3. The molecule has 0 amide bonds. The molecular weight excluding hydrogens is 542 g/mol. The summed E-state index contributed by atoms with van der Waals surface area (Å²) in [5, 5.41) is 7.58. The molecular formula is C44H33N. The number of aromatic nitrogens is 1. The maximum Gasteiger partial charge on any atom is 0.0731 e. The lowest BCUT2D eigenvalue weighted by Crippen LogP contribution is -1.93. The monoisotopic (exact) mass is 575 g/mol. The summed E-state index contributed by atoms with van der Waals surface area (Å²) < 4.78 is 0. The van der Waals surface area contributed by atoms with Gasteiger partial charge in [0.25, 0.3) is 0 Å². The van der Waals surface area contributed by atoms with Crippen LogP contribution in [0.3, 0.4) is 0 Å². The van der Waals surface area contributed by atoms with Crippen LogP contribution in [0, 0.1) is 20.8 Å². The fourth-order valence-corrected chi connectivity index (χ4v) is 7.32. The first kappa shape index (κ1) is 27.0. The van der Waals surface area contributed by atoms with Gasteiger partial charge < -0.3 is 0 Å². The molecule has 0 radical (unpaired) electrons. The van der Waals surface area contributed by atoms with E-state index < -0.39 is 0 Å². The zero-order valence-electron chi connectivity index (χ0n) is 25.8. The van der Waals surface area contributed by atoms with Gasteiger partial charge in [-0.15, -0.1) is 0 Å². The molecule has 0 spiro atoms. The third-order valence-corrected chi connectivity index (χ3v) is 9.31. The highest BCUT2D eigenvalue weighted by molar-refractivity contribution is 6.24. The van der Waals surface area contributed by atoms with E-state index in [0.717, 1.165) is 11.3 Å². The Morgan fingerprint density at radius 1 is 0.356 bits per heavy atom. The molecule has 0 atom stereocenters. The number of pyridine rings is 1. The lowest BCUT2D eigenvalue weighted by molar-refractivity contribution is 1.27. The number of aryl methyl sites for hydroxylation is 3. The average Bonchev–Trinajstić information content (AvgIpc) is 3.07. The van der Waals surface area contributed by atoms with E-state index in [1.54, 1.807) is 0 Å². The van der Waals surface area contributed by atoms with Crippen LogP contribution in [0.4, 0.5) is 0 Å². The quantitative estimate of drug-likeness (QED) is 0.190. The van der Waals surface area contributed by atoms with E-state index >= 15 is 0 Å². The van der Waals surface area contributed by atoms with Gasteiger partial charge in [0, 0.05) is 11.8 Å². The van der Waals surface area contributed by atoms with Gasteiger partial charge in [0.1, 0.15) is 0 Å². The molecule has 0 aliphatic heterocycles. The van der Waals surface area contributed by atoms with Crippen molar-refractivity contribution in [2.45, 2.75) is 20.8 Å². The van der Waals surface area contributed by atoms with Gasteiger partial charge >= 0.3 is 0 Å². The number of rotatable bonds is 4. The maximum absolute atomic E-state index is 4.73. The zero-order chi connectivity index (χ0) is 30.5. The van der Waals surface area contributed by atoms with Crippen molar-refractivity contribution in [3.05, 3.63) is 162 Å². The van der Waals surface area contributed by atoms with Crippen molar-refractivity contribution < 1.29 is 0 Å². The molecule has 8 aromatic rings. The molecule has 0 fully saturated rings. The SMILES string of the molecule is Cc1cccnc1-c1cccc(-c2c3ccccc3c(-c3cccc4c(-c5c(C)cccc5C)cccc34)c3ccccc23)c1. The molecule has 1 aromatic heterocycles. The Hall–Kier alpha value is -5.53. The van der Waals surface area contributed by atoms with E-state index in [-0.39, 0.29) is 0 Å². The molecule has 0 saturated heterocycles. The van der Waals surface area contributed by atoms with Crippen LogP contribution in [0.1, 0.15) is 16.7 Å². The van der Waals surface area contributed by atoms with Gasteiger partial charge in [-0.25, -0.2) is 0 Å². The van der Waals surface area contributed by atoms with Crippen LogP contribution in [0.15, 0.2) is 146 Å². The summed E-state index contributed by atoms with van der Waals surface area (Å²) in [7, 11) is 0. The Labute approximate surface area is 264 Å². The molecule has 1 heterocycles. The van der Waals surface area contributed by atoms with Gasteiger partial charge in [-0.3, -0.25) is 4.98 Å². The summed E-state index contributed by atoms with van der Waals surface area (Å²) in [6.07, 6.45) is 1.88. The van der Waals surface area contributed by atoms with E-state index in [1.807, 2.05) is 12.3 Å². The van der Waals surface area contributed by atoms with Crippen LogP contribution in [0.5, 0.6) is 0 Å². The molecule has 0 unspecified atom stereocenters. The normalized spacial score (nSPS) is 11.4. The van der Waals surface area contributed by atoms with Crippen molar-refractivity contribution in [1.82, 2.24) is 4.98 Å². The summed E-state index contributed by atoms with van der Waals surface area (Å²) in [6, 6.07) is 51.0. The molecule has 0 aliphatic rings. The Bertz CT molecular complexity index is 2340. The second-order valence-electron chi connectivity index (χ2n) is 12.1. The number of nitrogens with zero attached hydrogens (tertiary/aromatic N) is 1. The number of fused-ring (bicyclic) bond motifs is 3. The first-order chi connectivity index (χ1) is 22.1. The van der Waals surface area contributed by atoms with Crippen LogP contribution in [0.25, 0.3) is 77.0 Å². The molecule has 8 rings (SSSR count). The fourth-order valence-electron chi connectivity index (χ4n) is 7.32. The second kappa shape index (κ2) is 10.9. The molecule has 0 saturated carbocycles. The highest BCUT2D eigenvalue weighted by atomic mass is 14.7. The van der Waals surface area contributed by atoms with Crippen LogP contribution in [-0.2, 0) is 0 Å². The van der Waals surface area contributed by atoms with E-state index in [1.165, 1.54) is 82.4 Å². The summed E-state index contributed by atoms with van der Waals surface area (Å²) in [6.45, 7) is 6.56. The summed E-state index contributed by atoms with van der Waals surface area (Å²) >= 11 is 0. The lowest BCUT2D eigenvalue weighted by atomic mass is 9.83. The predicted molar refractivity (Wildman–Crippen MR) is 193 cm³/mol. The molecule has 214 valence electrons. The molecule has 45 heavy (non-hydrogen) atoms. The average molecular weight is 576 g/mol.